The van der Waals surface area contributed by atoms with Gasteiger partial charge >= 0.3 is 11.9 Å². The van der Waals surface area contributed by atoms with Gasteiger partial charge in [-0.3, -0.25) is 33.6 Å². The summed E-state index contributed by atoms with van der Waals surface area (Å²) in [7, 11) is 0. The Bertz CT molecular complexity index is 1060. The number of rotatable bonds is 17. The largest absolute Gasteiger partial charge is 0.481 e. The fraction of sp³-hybridized carbons (Fsp3) is 0.519. The molecule has 0 spiro atoms. The van der Waals surface area contributed by atoms with E-state index in [0.717, 1.165) is 12.5 Å². The lowest BCUT2D eigenvalue weighted by molar-refractivity contribution is -0.141. The number of ketones is 1. The Morgan fingerprint density at radius 1 is 0.725 bits per heavy atom. The molecule has 6 N–H and O–H groups in total. The van der Waals surface area contributed by atoms with E-state index in [1.54, 1.807) is 13.8 Å². The first-order chi connectivity index (χ1) is 18.7. The molecule has 0 saturated heterocycles. The SMILES string of the molecule is CC(=O)N[C@@H](CC(=O)O)C(=O)N[C@@H](C)C(=O)N[C@H](C(=O)N[C@@H](CC(=O)O)C(=O)CCCc1ccccc1)C(C)C. The van der Waals surface area contributed by atoms with Gasteiger partial charge in [-0.15, -0.1) is 0 Å². The van der Waals surface area contributed by atoms with Crippen LogP contribution in [0.25, 0.3) is 0 Å². The summed E-state index contributed by atoms with van der Waals surface area (Å²) in [6.45, 7) is 5.66. The molecule has 0 bridgehead atoms. The number of nitrogens with one attached hydrogen (secondary N) is 4. The molecule has 0 unspecified atom stereocenters. The first-order valence-corrected chi connectivity index (χ1v) is 12.9. The Labute approximate surface area is 232 Å². The van der Waals surface area contributed by atoms with Crippen molar-refractivity contribution in [3.05, 3.63) is 35.9 Å². The van der Waals surface area contributed by atoms with Gasteiger partial charge < -0.3 is 31.5 Å². The Balaban J connectivity index is 2.84. The quantitative estimate of drug-likeness (QED) is 0.153. The van der Waals surface area contributed by atoms with Gasteiger partial charge in [-0.25, -0.2) is 0 Å². The Morgan fingerprint density at radius 2 is 1.30 bits per heavy atom. The summed E-state index contributed by atoms with van der Waals surface area (Å²) in [6.07, 6.45) is -0.237. The minimum atomic E-state index is -1.42. The molecule has 0 aromatic heterocycles. The number of aliphatic carboxylic acids is 2. The second-order valence-electron chi connectivity index (χ2n) is 9.78. The third kappa shape index (κ3) is 12.5. The van der Waals surface area contributed by atoms with Crippen LogP contribution in [0.2, 0.25) is 0 Å². The molecule has 1 rings (SSSR count). The molecule has 0 radical (unpaired) electrons. The van der Waals surface area contributed by atoms with Gasteiger partial charge in [0.15, 0.2) is 5.78 Å². The number of Topliss-reactive ketones (excluding diaryl/α,β-unsaturated/α-hetero) is 1. The zero-order chi connectivity index (χ0) is 30.4. The van der Waals surface area contributed by atoms with Crippen LogP contribution in [-0.4, -0.2) is 75.7 Å². The van der Waals surface area contributed by atoms with Crippen LogP contribution in [0.3, 0.4) is 0 Å². The summed E-state index contributed by atoms with van der Waals surface area (Å²) in [5.41, 5.74) is 1.02. The number of carboxylic acids is 2. The first kappa shape index (κ1) is 33.7. The number of aryl methyl sites for hydroxylation is 1. The predicted molar refractivity (Wildman–Crippen MR) is 143 cm³/mol. The molecule has 0 aliphatic carbocycles. The van der Waals surface area contributed by atoms with E-state index in [4.69, 9.17) is 5.11 Å². The average Bonchev–Trinajstić information content (AvgIpc) is 2.85. The zero-order valence-electron chi connectivity index (χ0n) is 23.1. The van der Waals surface area contributed by atoms with E-state index in [1.165, 1.54) is 6.92 Å². The molecular weight excluding hydrogens is 524 g/mol. The Hall–Kier alpha value is -4.29. The first-order valence-electron chi connectivity index (χ1n) is 12.9. The molecule has 0 aliphatic heterocycles. The predicted octanol–water partition coefficient (Wildman–Crippen LogP) is 0.163. The van der Waals surface area contributed by atoms with E-state index in [0.29, 0.717) is 12.8 Å². The maximum Gasteiger partial charge on any atom is 0.305 e. The number of hydrogen-bond donors (Lipinski definition) is 6. The van der Waals surface area contributed by atoms with Crippen molar-refractivity contribution < 1.29 is 43.8 Å². The second kappa shape index (κ2) is 16.6. The van der Waals surface area contributed by atoms with Crippen molar-refractivity contribution >= 4 is 41.4 Å². The summed E-state index contributed by atoms with van der Waals surface area (Å²) in [5.74, 6) is -6.66. The summed E-state index contributed by atoms with van der Waals surface area (Å²) in [6, 6.07) is 4.31. The lowest BCUT2D eigenvalue weighted by atomic mass is 9.99. The maximum atomic E-state index is 13.0. The minimum Gasteiger partial charge on any atom is -0.481 e. The van der Waals surface area contributed by atoms with Crippen molar-refractivity contribution in [1.82, 2.24) is 21.3 Å². The van der Waals surface area contributed by atoms with Gasteiger partial charge in [0.05, 0.1) is 18.9 Å². The fourth-order valence-electron chi connectivity index (χ4n) is 3.79. The maximum absolute atomic E-state index is 13.0. The summed E-state index contributed by atoms with van der Waals surface area (Å²) >= 11 is 0. The highest BCUT2D eigenvalue weighted by Gasteiger charge is 2.32. The standard InChI is InChI=1S/C27H38N4O9/c1-15(2)24(31-25(38)16(3)28-26(39)20(14-23(36)37)29-17(4)32)27(40)30-19(13-22(34)35)21(33)12-8-11-18-9-6-5-7-10-18/h5-7,9-10,15-16,19-20,24H,8,11-14H2,1-4H3,(H,28,39)(H,29,32)(H,30,40)(H,31,38)(H,34,35)(H,36,37)/t16-,19-,20-,24-/m0/s1. The van der Waals surface area contributed by atoms with Gasteiger partial charge in [0.1, 0.15) is 18.1 Å². The number of benzene rings is 1. The third-order valence-corrected chi connectivity index (χ3v) is 5.89. The minimum absolute atomic E-state index is 0.0424. The van der Waals surface area contributed by atoms with E-state index in [2.05, 4.69) is 21.3 Å². The molecule has 0 saturated carbocycles. The monoisotopic (exact) mass is 562 g/mol. The molecule has 13 heteroatoms. The van der Waals surface area contributed by atoms with Gasteiger partial charge in [-0.05, 0) is 31.2 Å². The number of carbonyl (C=O) groups excluding carboxylic acids is 5. The van der Waals surface area contributed by atoms with Crippen LogP contribution in [0.4, 0.5) is 0 Å². The summed E-state index contributed by atoms with van der Waals surface area (Å²) < 4.78 is 0. The number of carbonyl (C=O) groups is 7. The van der Waals surface area contributed by atoms with Crippen molar-refractivity contribution in [2.45, 2.75) is 84.0 Å². The average molecular weight is 563 g/mol. The molecule has 0 aliphatic rings. The lowest BCUT2D eigenvalue weighted by Crippen LogP contribution is -2.58. The van der Waals surface area contributed by atoms with Gasteiger partial charge in [-0.1, -0.05) is 44.2 Å². The lowest BCUT2D eigenvalue weighted by Gasteiger charge is -2.26. The van der Waals surface area contributed by atoms with E-state index in [1.807, 2.05) is 30.3 Å². The van der Waals surface area contributed by atoms with Crippen LogP contribution >= 0.6 is 0 Å². The highest BCUT2D eigenvalue weighted by Crippen LogP contribution is 2.10. The number of amides is 4. The molecule has 1 aromatic carbocycles. The van der Waals surface area contributed by atoms with E-state index in [9.17, 15) is 38.7 Å². The van der Waals surface area contributed by atoms with Crippen molar-refractivity contribution in [2.24, 2.45) is 5.92 Å². The normalized spacial score (nSPS) is 13.7. The van der Waals surface area contributed by atoms with E-state index in [-0.39, 0.29) is 6.42 Å². The van der Waals surface area contributed by atoms with E-state index >= 15 is 0 Å². The smallest absolute Gasteiger partial charge is 0.305 e. The van der Waals surface area contributed by atoms with Gasteiger partial charge in [0, 0.05) is 13.3 Å². The van der Waals surface area contributed by atoms with Gasteiger partial charge in [0.25, 0.3) is 0 Å². The van der Waals surface area contributed by atoms with Crippen LogP contribution < -0.4 is 21.3 Å². The molecule has 4 amide bonds. The Morgan fingerprint density at radius 3 is 1.82 bits per heavy atom. The van der Waals surface area contributed by atoms with Crippen LogP contribution in [0, 0.1) is 5.92 Å². The molecule has 40 heavy (non-hydrogen) atoms. The summed E-state index contributed by atoms with van der Waals surface area (Å²) in [4.78, 5) is 84.7. The highest BCUT2D eigenvalue weighted by atomic mass is 16.4. The fourth-order valence-corrected chi connectivity index (χ4v) is 3.79. The van der Waals surface area contributed by atoms with Crippen LogP contribution in [-0.2, 0) is 40.0 Å². The number of carboxylic acid groups (broad SMARTS) is 2. The van der Waals surface area contributed by atoms with Gasteiger partial charge in [-0.2, -0.15) is 0 Å². The van der Waals surface area contributed by atoms with Gasteiger partial charge in [0.2, 0.25) is 23.6 Å². The number of hydrogen-bond acceptors (Lipinski definition) is 7. The highest BCUT2D eigenvalue weighted by molar-refractivity contribution is 5.97. The van der Waals surface area contributed by atoms with Crippen molar-refractivity contribution in [3.8, 4) is 0 Å². The topological polar surface area (TPSA) is 208 Å². The van der Waals surface area contributed by atoms with Crippen LogP contribution in [0.15, 0.2) is 30.3 Å². The molecule has 4 atom stereocenters. The third-order valence-electron chi connectivity index (χ3n) is 5.89. The molecule has 1 aromatic rings. The van der Waals surface area contributed by atoms with Crippen molar-refractivity contribution in [1.29, 1.82) is 0 Å². The van der Waals surface area contributed by atoms with Crippen LogP contribution in [0.5, 0.6) is 0 Å². The Kier molecular flexibility index (Phi) is 14.0. The molecule has 220 valence electrons. The second-order valence-corrected chi connectivity index (χ2v) is 9.78. The van der Waals surface area contributed by atoms with Crippen LogP contribution in [0.1, 0.15) is 58.9 Å². The van der Waals surface area contributed by atoms with E-state index < -0.39 is 84.3 Å². The molecule has 0 fully saturated rings. The zero-order valence-corrected chi connectivity index (χ0v) is 23.1. The molecular formula is C27H38N4O9. The van der Waals surface area contributed by atoms with Crippen molar-refractivity contribution in [3.63, 3.8) is 0 Å². The summed E-state index contributed by atoms with van der Waals surface area (Å²) in [5, 5.41) is 27.7. The molecule has 0 heterocycles. The van der Waals surface area contributed by atoms with Crippen molar-refractivity contribution in [2.75, 3.05) is 0 Å². The molecule has 13 nitrogen and oxygen atoms in total.